The predicted octanol–water partition coefficient (Wildman–Crippen LogP) is 3.31. The molecule has 17 heavy (non-hydrogen) atoms. The van der Waals surface area contributed by atoms with Crippen LogP contribution in [-0.2, 0) is 0 Å². The van der Waals surface area contributed by atoms with Crippen LogP contribution >= 0.6 is 0 Å². The molecule has 0 bridgehead atoms. The van der Waals surface area contributed by atoms with Gasteiger partial charge in [-0.3, -0.25) is 0 Å². The van der Waals surface area contributed by atoms with E-state index in [1.165, 1.54) is 0 Å². The van der Waals surface area contributed by atoms with Crippen LogP contribution in [0.5, 0.6) is 0 Å². The van der Waals surface area contributed by atoms with E-state index >= 15 is 0 Å². The highest BCUT2D eigenvalue weighted by Gasteiger charge is 2.06. The molecule has 0 radical (unpaired) electrons. The second-order valence-electron chi connectivity index (χ2n) is 4.00. The molecule has 0 spiro atoms. The number of benzene rings is 1. The molecule has 1 atom stereocenters. The van der Waals surface area contributed by atoms with Crippen molar-refractivity contribution in [2.45, 2.75) is 19.4 Å². The van der Waals surface area contributed by atoms with Crippen molar-refractivity contribution in [3.05, 3.63) is 55.1 Å². The SMILES string of the molecule is C=CCN(CC=C)c1ccc([C@@H](O)CC)cc1. The molecule has 1 rings (SSSR count). The second-order valence-corrected chi connectivity index (χ2v) is 4.00. The van der Waals surface area contributed by atoms with E-state index in [0.717, 1.165) is 30.8 Å². The van der Waals surface area contributed by atoms with Crippen LogP contribution in [0, 0.1) is 0 Å². The smallest absolute Gasteiger partial charge is 0.0787 e. The van der Waals surface area contributed by atoms with Gasteiger partial charge in [0.05, 0.1) is 6.10 Å². The predicted molar refractivity (Wildman–Crippen MR) is 74.3 cm³/mol. The van der Waals surface area contributed by atoms with Crippen molar-refractivity contribution in [2.24, 2.45) is 0 Å². The van der Waals surface area contributed by atoms with Gasteiger partial charge in [0.2, 0.25) is 0 Å². The average molecular weight is 231 g/mol. The van der Waals surface area contributed by atoms with E-state index in [1.807, 2.05) is 43.3 Å². The molecule has 92 valence electrons. The number of hydrogen-bond donors (Lipinski definition) is 1. The van der Waals surface area contributed by atoms with E-state index in [4.69, 9.17) is 0 Å². The Kier molecular flexibility index (Phi) is 5.50. The third-order valence-electron chi connectivity index (χ3n) is 2.73. The molecule has 0 amide bonds. The Balaban J connectivity index is 2.83. The van der Waals surface area contributed by atoms with E-state index in [0.29, 0.717) is 0 Å². The minimum absolute atomic E-state index is 0.365. The van der Waals surface area contributed by atoms with Crippen molar-refractivity contribution < 1.29 is 5.11 Å². The van der Waals surface area contributed by atoms with Gasteiger partial charge in [-0.2, -0.15) is 0 Å². The number of aliphatic hydroxyl groups excluding tert-OH is 1. The Morgan fingerprint density at radius 3 is 2.12 bits per heavy atom. The van der Waals surface area contributed by atoms with Gasteiger partial charge < -0.3 is 10.0 Å². The van der Waals surface area contributed by atoms with Gasteiger partial charge in [-0.05, 0) is 24.1 Å². The van der Waals surface area contributed by atoms with Crippen LogP contribution < -0.4 is 4.90 Å². The van der Waals surface area contributed by atoms with E-state index in [1.54, 1.807) is 0 Å². The van der Waals surface area contributed by atoms with Crippen molar-refractivity contribution in [3.63, 3.8) is 0 Å². The van der Waals surface area contributed by atoms with Gasteiger partial charge in [0.25, 0.3) is 0 Å². The summed E-state index contributed by atoms with van der Waals surface area (Å²) in [5.41, 5.74) is 2.09. The van der Waals surface area contributed by atoms with Gasteiger partial charge in [-0.25, -0.2) is 0 Å². The third kappa shape index (κ3) is 3.75. The zero-order chi connectivity index (χ0) is 12.7. The summed E-state index contributed by atoms with van der Waals surface area (Å²) in [7, 11) is 0. The van der Waals surface area contributed by atoms with E-state index in [9.17, 15) is 5.11 Å². The maximum absolute atomic E-state index is 9.72. The normalized spacial score (nSPS) is 11.9. The third-order valence-corrected chi connectivity index (χ3v) is 2.73. The lowest BCUT2D eigenvalue weighted by Crippen LogP contribution is -2.22. The van der Waals surface area contributed by atoms with Gasteiger partial charge in [-0.15, -0.1) is 13.2 Å². The summed E-state index contributed by atoms with van der Waals surface area (Å²) in [6, 6.07) is 8.01. The summed E-state index contributed by atoms with van der Waals surface area (Å²) >= 11 is 0. The maximum Gasteiger partial charge on any atom is 0.0787 e. The molecule has 1 aromatic carbocycles. The van der Waals surface area contributed by atoms with E-state index in [-0.39, 0.29) is 6.10 Å². The van der Waals surface area contributed by atoms with Gasteiger partial charge >= 0.3 is 0 Å². The molecular formula is C15H21NO. The molecule has 0 heterocycles. The van der Waals surface area contributed by atoms with Crippen LogP contribution in [0.15, 0.2) is 49.6 Å². The first-order chi connectivity index (χ1) is 8.22. The Morgan fingerprint density at radius 2 is 1.71 bits per heavy atom. The first kappa shape index (κ1) is 13.5. The van der Waals surface area contributed by atoms with E-state index < -0.39 is 0 Å². The summed E-state index contributed by atoms with van der Waals surface area (Å²) in [5.74, 6) is 0. The molecular weight excluding hydrogens is 210 g/mol. The number of hydrogen-bond acceptors (Lipinski definition) is 2. The molecule has 0 saturated heterocycles. The van der Waals surface area contributed by atoms with Gasteiger partial charge in [-0.1, -0.05) is 31.2 Å². The summed E-state index contributed by atoms with van der Waals surface area (Å²) in [6.07, 6.45) is 4.12. The average Bonchev–Trinajstić information content (AvgIpc) is 2.38. The summed E-state index contributed by atoms with van der Waals surface area (Å²) < 4.78 is 0. The van der Waals surface area contributed by atoms with Crippen molar-refractivity contribution in [3.8, 4) is 0 Å². The van der Waals surface area contributed by atoms with Crippen molar-refractivity contribution in [1.82, 2.24) is 0 Å². The maximum atomic E-state index is 9.72. The van der Waals surface area contributed by atoms with Crippen LogP contribution in [0.4, 0.5) is 5.69 Å². The number of nitrogens with zero attached hydrogens (tertiary/aromatic N) is 1. The zero-order valence-corrected chi connectivity index (χ0v) is 10.5. The molecule has 0 saturated carbocycles. The Morgan fingerprint density at radius 1 is 1.18 bits per heavy atom. The molecule has 0 aliphatic carbocycles. The number of aliphatic hydroxyl groups is 1. The summed E-state index contributed by atoms with van der Waals surface area (Å²) in [5, 5.41) is 9.72. The molecule has 2 heteroatoms. The van der Waals surface area contributed by atoms with Gasteiger partial charge in [0.1, 0.15) is 0 Å². The lowest BCUT2D eigenvalue weighted by Gasteiger charge is -2.22. The molecule has 0 aliphatic heterocycles. The van der Waals surface area contributed by atoms with Crippen LogP contribution in [0.3, 0.4) is 0 Å². The van der Waals surface area contributed by atoms with Crippen molar-refractivity contribution in [1.29, 1.82) is 0 Å². The molecule has 0 aromatic heterocycles. The fourth-order valence-corrected chi connectivity index (χ4v) is 1.74. The van der Waals surface area contributed by atoms with Crippen LogP contribution in [0.1, 0.15) is 25.0 Å². The van der Waals surface area contributed by atoms with Crippen molar-refractivity contribution in [2.75, 3.05) is 18.0 Å². The standard InChI is InChI=1S/C15H21NO/c1-4-11-16(12-5-2)14-9-7-13(8-10-14)15(17)6-3/h4-5,7-10,15,17H,1-2,6,11-12H2,3H3/t15-/m0/s1. The molecule has 2 nitrogen and oxygen atoms in total. The van der Waals surface area contributed by atoms with Crippen LogP contribution in [0.25, 0.3) is 0 Å². The Hall–Kier alpha value is -1.54. The topological polar surface area (TPSA) is 23.5 Å². The fraction of sp³-hybridized carbons (Fsp3) is 0.333. The van der Waals surface area contributed by atoms with Crippen LogP contribution in [0.2, 0.25) is 0 Å². The first-order valence-corrected chi connectivity index (χ1v) is 5.97. The quantitative estimate of drug-likeness (QED) is 0.728. The molecule has 1 N–H and O–H groups in total. The number of anilines is 1. The lowest BCUT2D eigenvalue weighted by molar-refractivity contribution is 0.173. The van der Waals surface area contributed by atoms with Crippen molar-refractivity contribution >= 4 is 5.69 Å². The highest BCUT2D eigenvalue weighted by molar-refractivity contribution is 5.49. The highest BCUT2D eigenvalue weighted by Crippen LogP contribution is 2.21. The zero-order valence-electron chi connectivity index (χ0n) is 10.5. The Bertz CT molecular complexity index is 346. The van der Waals surface area contributed by atoms with E-state index in [2.05, 4.69) is 18.1 Å². The first-order valence-electron chi connectivity index (χ1n) is 5.97. The number of rotatable bonds is 7. The lowest BCUT2D eigenvalue weighted by atomic mass is 10.1. The van der Waals surface area contributed by atoms with Gasteiger partial charge in [0, 0.05) is 18.8 Å². The fourth-order valence-electron chi connectivity index (χ4n) is 1.74. The summed E-state index contributed by atoms with van der Waals surface area (Å²) in [4.78, 5) is 2.17. The molecule has 0 unspecified atom stereocenters. The Labute approximate surface area is 104 Å². The minimum atomic E-state index is -0.365. The largest absolute Gasteiger partial charge is 0.388 e. The van der Waals surface area contributed by atoms with Gasteiger partial charge in [0.15, 0.2) is 0 Å². The highest BCUT2D eigenvalue weighted by atomic mass is 16.3. The molecule has 1 aromatic rings. The molecule has 0 fully saturated rings. The minimum Gasteiger partial charge on any atom is -0.388 e. The summed E-state index contributed by atoms with van der Waals surface area (Å²) in [6.45, 7) is 11.1. The monoisotopic (exact) mass is 231 g/mol. The second kappa shape index (κ2) is 6.92. The molecule has 0 aliphatic rings. The van der Waals surface area contributed by atoms with Crippen LogP contribution in [-0.4, -0.2) is 18.2 Å².